The molecule has 1 aromatic carbocycles. The van der Waals surface area contributed by atoms with Crippen LogP contribution >= 0.6 is 11.6 Å². The van der Waals surface area contributed by atoms with Crippen molar-refractivity contribution >= 4 is 11.6 Å². The van der Waals surface area contributed by atoms with Gasteiger partial charge in [0.05, 0.1) is 0 Å². The highest BCUT2D eigenvalue weighted by Gasteiger charge is 2.42. The predicted molar refractivity (Wildman–Crippen MR) is 62.1 cm³/mol. The van der Waals surface area contributed by atoms with Crippen molar-refractivity contribution in [1.82, 2.24) is 0 Å². The first-order valence-corrected chi connectivity index (χ1v) is 5.52. The quantitative estimate of drug-likeness (QED) is 0.597. The van der Waals surface area contributed by atoms with Gasteiger partial charge in [0.15, 0.2) is 0 Å². The van der Waals surface area contributed by atoms with Crippen LogP contribution in [-0.4, -0.2) is 0 Å². The van der Waals surface area contributed by atoms with Crippen LogP contribution in [0.2, 0.25) is 5.02 Å². The zero-order valence-corrected chi connectivity index (χ0v) is 10.1. The molecule has 0 N–H and O–H groups in total. The Bertz CT molecular complexity index is 375. The number of fused-ring (bicyclic) bond motifs is 1. The second-order valence-corrected chi connectivity index (χ2v) is 6.01. The second-order valence-electron chi connectivity index (χ2n) is 5.61. The molecule has 0 atom stereocenters. The molecule has 0 saturated carbocycles. The Labute approximate surface area is 91.3 Å². The van der Waals surface area contributed by atoms with E-state index in [1.165, 1.54) is 17.5 Å². The fourth-order valence-corrected chi connectivity index (χ4v) is 3.49. The number of hydrogen-bond donors (Lipinski definition) is 0. The monoisotopic (exact) mass is 208 g/mol. The maximum atomic E-state index is 6.28. The summed E-state index contributed by atoms with van der Waals surface area (Å²) in [5.41, 5.74) is 3.27. The van der Waals surface area contributed by atoms with E-state index in [9.17, 15) is 0 Å². The summed E-state index contributed by atoms with van der Waals surface area (Å²) in [4.78, 5) is 0. The van der Waals surface area contributed by atoms with Gasteiger partial charge in [-0.05, 0) is 34.4 Å². The highest BCUT2D eigenvalue weighted by Crippen LogP contribution is 2.51. The van der Waals surface area contributed by atoms with Crippen molar-refractivity contribution in [3.05, 3.63) is 34.3 Å². The van der Waals surface area contributed by atoms with Gasteiger partial charge in [0.1, 0.15) is 0 Å². The third-order valence-corrected chi connectivity index (χ3v) is 3.62. The van der Waals surface area contributed by atoms with E-state index < -0.39 is 0 Å². The highest BCUT2D eigenvalue weighted by atomic mass is 35.5. The van der Waals surface area contributed by atoms with Gasteiger partial charge in [0.25, 0.3) is 0 Å². The summed E-state index contributed by atoms with van der Waals surface area (Å²) in [5, 5.41) is 0.929. The van der Waals surface area contributed by atoms with Crippen LogP contribution in [0.15, 0.2) is 18.2 Å². The fourth-order valence-electron chi connectivity index (χ4n) is 3.06. The molecule has 1 aliphatic rings. The Morgan fingerprint density at radius 3 is 2.29 bits per heavy atom. The molecule has 0 radical (unpaired) electrons. The Hall–Kier alpha value is -0.490. The molecule has 0 aliphatic heterocycles. The maximum absolute atomic E-state index is 6.28. The van der Waals surface area contributed by atoms with Crippen LogP contribution in [0.1, 0.15) is 45.2 Å². The SMILES string of the molecule is CC1(C)CC(C)(C)c2c(Cl)cccc21. The maximum Gasteiger partial charge on any atom is 0.0446 e. The molecule has 0 nitrogen and oxygen atoms in total. The van der Waals surface area contributed by atoms with Gasteiger partial charge in [-0.1, -0.05) is 51.4 Å². The lowest BCUT2D eigenvalue weighted by Crippen LogP contribution is -2.18. The van der Waals surface area contributed by atoms with Crippen LogP contribution in [0.3, 0.4) is 0 Å². The van der Waals surface area contributed by atoms with E-state index in [-0.39, 0.29) is 10.8 Å². The minimum Gasteiger partial charge on any atom is -0.0840 e. The van der Waals surface area contributed by atoms with Gasteiger partial charge in [-0.2, -0.15) is 0 Å². The molecule has 0 saturated heterocycles. The first-order valence-electron chi connectivity index (χ1n) is 5.14. The molecule has 1 aliphatic carbocycles. The lowest BCUT2D eigenvalue weighted by atomic mass is 9.82. The fraction of sp³-hybridized carbons (Fsp3) is 0.538. The van der Waals surface area contributed by atoms with Gasteiger partial charge < -0.3 is 0 Å². The van der Waals surface area contributed by atoms with Crippen molar-refractivity contribution in [3.8, 4) is 0 Å². The molecular weight excluding hydrogens is 192 g/mol. The third-order valence-electron chi connectivity index (χ3n) is 3.30. The summed E-state index contributed by atoms with van der Waals surface area (Å²) in [5.74, 6) is 0. The Morgan fingerprint density at radius 2 is 1.71 bits per heavy atom. The lowest BCUT2D eigenvalue weighted by Gasteiger charge is -2.22. The second kappa shape index (κ2) is 2.76. The Morgan fingerprint density at radius 1 is 1.07 bits per heavy atom. The summed E-state index contributed by atoms with van der Waals surface area (Å²) in [6.45, 7) is 9.17. The molecule has 76 valence electrons. The van der Waals surface area contributed by atoms with Gasteiger partial charge in [-0.15, -0.1) is 0 Å². The lowest BCUT2D eigenvalue weighted by molar-refractivity contribution is 0.403. The minimum absolute atomic E-state index is 0.219. The van der Waals surface area contributed by atoms with E-state index in [0.717, 1.165) is 5.02 Å². The molecule has 0 spiro atoms. The van der Waals surface area contributed by atoms with E-state index in [1.807, 2.05) is 6.07 Å². The molecule has 0 bridgehead atoms. The summed E-state index contributed by atoms with van der Waals surface area (Å²) in [6, 6.07) is 6.28. The largest absolute Gasteiger partial charge is 0.0840 e. The zero-order valence-electron chi connectivity index (χ0n) is 9.32. The van der Waals surface area contributed by atoms with Crippen molar-refractivity contribution < 1.29 is 0 Å². The predicted octanol–water partition coefficient (Wildman–Crippen LogP) is 4.30. The van der Waals surface area contributed by atoms with Crippen LogP contribution in [0.5, 0.6) is 0 Å². The molecule has 1 heteroatoms. The molecular formula is C13H17Cl. The van der Waals surface area contributed by atoms with Crippen molar-refractivity contribution in [2.45, 2.75) is 44.9 Å². The summed E-state index contributed by atoms with van der Waals surface area (Å²) in [6.07, 6.45) is 1.18. The number of halogens is 1. The first kappa shape index (κ1) is 10.0. The molecule has 14 heavy (non-hydrogen) atoms. The van der Waals surface area contributed by atoms with Gasteiger partial charge >= 0.3 is 0 Å². The van der Waals surface area contributed by atoms with Gasteiger partial charge in [0, 0.05) is 5.02 Å². The molecule has 0 heterocycles. The van der Waals surface area contributed by atoms with Crippen molar-refractivity contribution in [2.75, 3.05) is 0 Å². The summed E-state index contributed by atoms with van der Waals surface area (Å²) < 4.78 is 0. The third kappa shape index (κ3) is 1.28. The molecule has 0 aromatic heterocycles. The summed E-state index contributed by atoms with van der Waals surface area (Å²) in [7, 11) is 0. The average molecular weight is 209 g/mol. The van der Waals surface area contributed by atoms with Crippen LogP contribution in [0, 0.1) is 0 Å². The minimum atomic E-state index is 0.219. The molecule has 0 fully saturated rings. The molecule has 0 amide bonds. The Kier molecular flexibility index (Phi) is 1.98. The summed E-state index contributed by atoms with van der Waals surface area (Å²) >= 11 is 6.28. The number of hydrogen-bond acceptors (Lipinski definition) is 0. The van der Waals surface area contributed by atoms with Crippen LogP contribution in [0.4, 0.5) is 0 Å². The average Bonchev–Trinajstić information content (AvgIpc) is 2.18. The van der Waals surface area contributed by atoms with Crippen LogP contribution < -0.4 is 0 Å². The van der Waals surface area contributed by atoms with Crippen molar-refractivity contribution in [3.63, 3.8) is 0 Å². The first-order chi connectivity index (χ1) is 6.34. The normalized spacial score (nSPS) is 22.1. The Balaban J connectivity index is 2.72. The molecule has 1 aromatic rings. The zero-order chi connectivity index (χ0) is 10.6. The van der Waals surface area contributed by atoms with Crippen molar-refractivity contribution in [1.29, 1.82) is 0 Å². The van der Waals surface area contributed by atoms with Crippen LogP contribution in [-0.2, 0) is 10.8 Å². The van der Waals surface area contributed by atoms with Gasteiger partial charge in [0.2, 0.25) is 0 Å². The van der Waals surface area contributed by atoms with Gasteiger partial charge in [-0.3, -0.25) is 0 Å². The topological polar surface area (TPSA) is 0 Å². The highest BCUT2D eigenvalue weighted by molar-refractivity contribution is 6.31. The molecule has 2 rings (SSSR count). The van der Waals surface area contributed by atoms with E-state index in [1.54, 1.807) is 0 Å². The van der Waals surface area contributed by atoms with Crippen molar-refractivity contribution in [2.24, 2.45) is 0 Å². The van der Waals surface area contributed by atoms with E-state index in [0.29, 0.717) is 0 Å². The standard InChI is InChI=1S/C13H17Cl/c1-12(2)8-13(3,4)11-9(12)6-5-7-10(11)14/h5-7H,8H2,1-4H3. The van der Waals surface area contributed by atoms with Gasteiger partial charge in [-0.25, -0.2) is 0 Å². The number of benzene rings is 1. The van der Waals surface area contributed by atoms with E-state index >= 15 is 0 Å². The smallest absolute Gasteiger partial charge is 0.0446 e. The van der Waals surface area contributed by atoms with E-state index in [2.05, 4.69) is 39.8 Å². The molecule has 0 unspecified atom stereocenters. The van der Waals surface area contributed by atoms with Crippen LogP contribution in [0.25, 0.3) is 0 Å². The number of rotatable bonds is 0. The van der Waals surface area contributed by atoms with E-state index in [4.69, 9.17) is 11.6 Å².